The lowest BCUT2D eigenvalue weighted by Crippen LogP contribution is -2.20. The van der Waals surface area contributed by atoms with Gasteiger partial charge in [-0.05, 0) is 49.3 Å². The second-order valence-electron chi connectivity index (χ2n) is 6.60. The molecule has 0 saturated heterocycles. The Morgan fingerprint density at radius 3 is 2.25 bits per heavy atom. The van der Waals surface area contributed by atoms with Crippen molar-refractivity contribution in [1.82, 2.24) is 5.32 Å². The van der Waals surface area contributed by atoms with E-state index in [2.05, 4.69) is 57.3 Å². The van der Waals surface area contributed by atoms with Crippen molar-refractivity contribution in [2.75, 3.05) is 20.3 Å². The maximum absolute atomic E-state index is 5.06. The van der Waals surface area contributed by atoms with Crippen molar-refractivity contribution in [1.29, 1.82) is 0 Å². The fraction of sp³-hybridized carbons (Fsp3) is 0.667. The molecule has 0 saturated carbocycles. The summed E-state index contributed by atoms with van der Waals surface area (Å²) >= 11 is 0. The van der Waals surface area contributed by atoms with Gasteiger partial charge in [0.25, 0.3) is 0 Å². The van der Waals surface area contributed by atoms with Crippen LogP contribution in [0.2, 0.25) is 0 Å². The third kappa shape index (κ3) is 6.06. The van der Waals surface area contributed by atoms with Crippen molar-refractivity contribution in [3.8, 4) is 0 Å². The second-order valence-corrected chi connectivity index (χ2v) is 6.60. The van der Waals surface area contributed by atoms with Gasteiger partial charge in [0, 0.05) is 19.8 Å². The minimum atomic E-state index is 0.233. The Morgan fingerprint density at radius 1 is 1.05 bits per heavy atom. The van der Waals surface area contributed by atoms with Crippen molar-refractivity contribution >= 4 is 0 Å². The quantitative estimate of drug-likeness (QED) is 0.709. The number of unbranched alkanes of at least 4 members (excludes halogenated alkanes) is 2. The summed E-state index contributed by atoms with van der Waals surface area (Å²) < 4.78 is 5.06. The molecule has 2 heteroatoms. The predicted octanol–water partition coefficient (Wildman–Crippen LogP) is 4.45. The molecule has 0 bridgehead atoms. The number of rotatable bonds is 8. The maximum atomic E-state index is 5.06. The molecule has 0 radical (unpaired) electrons. The van der Waals surface area contributed by atoms with Crippen LogP contribution in [0.3, 0.4) is 0 Å². The van der Waals surface area contributed by atoms with Crippen LogP contribution in [0.5, 0.6) is 0 Å². The molecule has 0 aliphatic heterocycles. The zero-order valence-corrected chi connectivity index (χ0v) is 13.8. The highest BCUT2D eigenvalue weighted by atomic mass is 16.5. The van der Waals surface area contributed by atoms with E-state index in [1.165, 1.54) is 24.0 Å². The Bertz CT molecular complexity index is 364. The number of benzene rings is 1. The van der Waals surface area contributed by atoms with Crippen molar-refractivity contribution in [3.05, 3.63) is 35.4 Å². The minimum absolute atomic E-state index is 0.233. The normalized spacial score (nSPS) is 13.4. The second kappa shape index (κ2) is 8.43. The standard InChI is InChI=1S/C18H31NO/c1-15(19-13-7-6-8-14-20-5)16-9-11-17(12-10-16)18(2,3)4/h9-12,15,19H,6-8,13-14H2,1-5H3. The van der Waals surface area contributed by atoms with E-state index in [1.54, 1.807) is 7.11 Å². The molecular formula is C18H31NO. The highest BCUT2D eigenvalue weighted by Crippen LogP contribution is 2.23. The van der Waals surface area contributed by atoms with Gasteiger partial charge in [0.1, 0.15) is 0 Å². The number of hydrogen-bond acceptors (Lipinski definition) is 2. The predicted molar refractivity (Wildman–Crippen MR) is 87.3 cm³/mol. The van der Waals surface area contributed by atoms with E-state index in [9.17, 15) is 0 Å². The summed E-state index contributed by atoms with van der Waals surface area (Å²) in [7, 11) is 1.77. The first-order chi connectivity index (χ1) is 9.45. The van der Waals surface area contributed by atoms with Gasteiger partial charge < -0.3 is 10.1 Å². The van der Waals surface area contributed by atoms with Gasteiger partial charge in [-0.15, -0.1) is 0 Å². The molecule has 0 aliphatic carbocycles. The fourth-order valence-corrected chi connectivity index (χ4v) is 2.26. The molecule has 20 heavy (non-hydrogen) atoms. The average molecular weight is 277 g/mol. The van der Waals surface area contributed by atoms with Crippen molar-refractivity contribution in [3.63, 3.8) is 0 Å². The van der Waals surface area contributed by atoms with Crippen molar-refractivity contribution < 1.29 is 4.74 Å². The molecule has 1 rings (SSSR count). The lowest BCUT2D eigenvalue weighted by Gasteiger charge is -2.20. The van der Waals surface area contributed by atoms with E-state index in [0.29, 0.717) is 6.04 Å². The van der Waals surface area contributed by atoms with Gasteiger partial charge in [-0.2, -0.15) is 0 Å². The van der Waals surface area contributed by atoms with E-state index in [4.69, 9.17) is 4.74 Å². The van der Waals surface area contributed by atoms with Gasteiger partial charge >= 0.3 is 0 Å². The average Bonchev–Trinajstić information content (AvgIpc) is 2.41. The summed E-state index contributed by atoms with van der Waals surface area (Å²) in [5.74, 6) is 0. The van der Waals surface area contributed by atoms with E-state index < -0.39 is 0 Å². The van der Waals surface area contributed by atoms with Gasteiger partial charge in [0.15, 0.2) is 0 Å². The van der Waals surface area contributed by atoms with E-state index >= 15 is 0 Å². The van der Waals surface area contributed by atoms with Crippen LogP contribution in [0, 0.1) is 0 Å². The number of methoxy groups -OCH3 is 1. The summed E-state index contributed by atoms with van der Waals surface area (Å²) in [4.78, 5) is 0. The molecule has 0 amide bonds. The Kier molecular flexibility index (Phi) is 7.25. The Hall–Kier alpha value is -0.860. The summed E-state index contributed by atoms with van der Waals surface area (Å²) in [6.45, 7) is 11.0. The highest BCUT2D eigenvalue weighted by molar-refractivity contribution is 5.28. The van der Waals surface area contributed by atoms with Crippen LogP contribution in [-0.2, 0) is 10.2 Å². The van der Waals surface area contributed by atoms with Crippen LogP contribution >= 0.6 is 0 Å². The zero-order chi connectivity index (χ0) is 15.0. The molecule has 0 aliphatic rings. The van der Waals surface area contributed by atoms with Crippen LogP contribution in [0.1, 0.15) is 64.1 Å². The lowest BCUT2D eigenvalue weighted by molar-refractivity contribution is 0.192. The molecule has 1 N–H and O–H groups in total. The minimum Gasteiger partial charge on any atom is -0.385 e. The lowest BCUT2D eigenvalue weighted by atomic mass is 9.86. The Balaban J connectivity index is 2.34. The first-order valence-corrected chi connectivity index (χ1v) is 7.78. The summed E-state index contributed by atoms with van der Waals surface area (Å²) in [5.41, 5.74) is 3.00. The summed E-state index contributed by atoms with van der Waals surface area (Å²) in [6.07, 6.45) is 3.61. The van der Waals surface area contributed by atoms with Crippen LogP contribution in [0.4, 0.5) is 0 Å². The number of ether oxygens (including phenoxy) is 1. The van der Waals surface area contributed by atoms with E-state index in [1.807, 2.05) is 0 Å². The van der Waals surface area contributed by atoms with Crippen LogP contribution < -0.4 is 5.32 Å². The van der Waals surface area contributed by atoms with Crippen molar-refractivity contribution in [2.45, 2.75) is 58.4 Å². The van der Waals surface area contributed by atoms with E-state index in [-0.39, 0.29) is 5.41 Å². The highest BCUT2D eigenvalue weighted by Gasteiger charge is 2.13. The molecule has 1 atom stereocenters. The fourth-order valence-electron chi connectivity index (χ4n) is 2.26. The van der Waals surface area contributed by atoms with Crippen LogP contribution in [-0.4, -0.2) is 20.3 Å². The third-order valence-electron chi connectivity index (χ3n) is 3.75. The largest absolute Gasteiger partial charge is 0.385 e. The summed E-state index contributed by atoms with van der Waals surface area (Å²) in [6, 6.07) is 9.44. The molecule has 1 aromatic rings. The molecular weight excluding hydrogens is 246 g/mol. The van der Waals surface area contributed by atoms with Crippen molar-refractivity contribution in [2.24, 2.45) is 0 Å². The molecule has 114 valence electrons. The van der Waals surface area contributed by atoms with Gasteiger partial charge in [0.2, 0.25) is 0 Å². The summed E-state index contributed by atoms with van der Waals surface area (Å²) in [5, 5.41) is 3.59. The van der Waals surface area contributed by atoms with Gasteiger partial charge in [-0.3, -0.25) is 0 Å². The van der Waals surface area contributed by atoms with Crippen LogP contribution in [0.15, 0.2) is 24.3 Å². The Labute approximate surface area is 124 Å². The molecule has 0 heterocycles. The molecule has 1 aromatic carbocycles. The first kappa shape index (κ1) is 17.2. The number of nitrogens with one attached hydrogen (secondary N) is 1. The topological polar surface area (TPSA) is 21.3 Å². The Morgan fingerprint density at radius 2 is 1.70 bits per heavy atom. The molecule has 1 unspecified atom stereocenters. The number of hydrogen-bond donors (Lipinski definition) is 1. The van der Waals surface area contributed by atoms with Gasteiger partial charge in [-0.25, -0.2) is 0 Å². The van der Waals surface area contributed by atoms with Gasteiger partial charge in [0.05, 0.1) is 0 Å². The molecule has 0 aromatic heterocycles. The molecule has 0 spiro atoms. The van der Waals surface area contributed by atoms with Crippen LogP contribution in [0.25, 0.3) is 0 Å². The SMILES string of the molecule is COCCCCCNC(C)c1ccc(C(C)(C)C)cc1. The maximum Gasteiger partial charge on any atom is 0.0462 e. The third-order valence-corrected chi connectivity index (χ3v) is 3.75. The molecule has 2 nitrogen and oxygen atoms in total. The first-order valence-electron chi connectivity index (χ1n) is 7.78. The van der Waals surface area contributed by atoms with Gasteiger partial charge in [-0.1, -0.05) is 45.0 Å². The molecule has 0 fully saturated rings. The monoisotopic (exact) mass is 277 g/mol. The van der Waals surface area contributed by atoms with E-state index in [0.717, 1.165) is 19.6 Å². The zero-order valence-electron chi connectivity index (χ0n) is 13.8. The smallest absolute Gasteiger partial charge is 0.0462 e.